The van der Waals surface area contributed by atoms with E-state index < -0.39 is 15.8 Å². The molecule has 8 heteroatoms. The second kappa shape index (κ2) is 9.10. The van der Waals surface area contributed by atoms with Crippen LogP contribution in [0.25, 0.3) is 16.8 Å². The summed E-state index contributed by atoms with van der Waals surface area (Å²) >= 11 is 0. The van der Waals surface area contributed by atoms with Gasteiger partial charge in [0.1, 0.15) is 0 Å². The number of rotatable bonds is 5. The van der Waals surface area contributed by atoms with Crippen LogP contribution in [0, 0.1) is 5.82 Å². The minimum Gasteiger partial charge on any atom is -0.494 e. The van der Waals surface area contributed by atoms with Crippen molar-refractivity contribution >= 4 is 32.8 Å². The van der Waals surface area contributed by atoms with Gasteiger partial charge in [0.2, 0.25) is 15.9 Å². The molecule has 0 aliphatic carbocycles. The first-order valence-corrected chi connectivity index (χ1v) is 11.6. The number of hydrogen-bond donors (Lipinski definition) is 0. The van der Waals surface area contributed by atoms with Crippen LogP contribution in [0.1, 0.15) is 5.56 Å². The van der Waals surface area contributed by atoms with Gasteiger partial charge < -0.3 is 9.64 Å². The predicted molar refractivity (Wildman–Crippen MR) is 121 cm³/mol. The summed E-state index contributed by atoms with van der Waals surface area (Å²) in [6.07, 6.45) is 2.90. The third-order valence-corrected chi connectivity index (χ3v) is 7.40. The smallest absolute Gasteiger partial charge is 0.246 e. The molecule has 0 bridgehead atoms. The SMILES string of the molecule is COc1ccc(/C=C/C(=O)N2CCN(S(=O)(=O)c3ccc4ccccc4c3)CC2)cc1F. The second-order valence-corrected chi connectivity index (χ2v) is 9.40. The van der Waals surface area contributed by atoms with Crippen LogP contribution >= 0.6 is 0 Å². The average Bonchev–Trinajstić information content (AvgIpc) is 2.82. The van der Waals surface area contributed by atoms with E-state index in [4.69, 9.17) is 4.74 Å². The Morgan fingerprint density at radius 2 is 1.69 bits per heavy atom. The maximum absolute atomic E-state index is 13.8. The summed E-state index contributed by atoms with van der Waals surface area (Å²) in [6, 6.07) is 17.1. The van der Waals surface area contributed by atoms with Gasteiger partial charge in [0.15, 0.2) is 11.6 Å². The number of methoxy groups -OCH3 is 1. The highest BCUT2D eigenvalue weighted by Crippen LogP contribution is 2.23. The Morgan fingerprint density at radius 1 is 0.969 bits per heavy atom. The van der Waals surface area contributed by atoms with Crippen molar-refractivity contribution in [3.05, 3.63) is 78.1 Å². The Labute approximate surface area is 186 Å². The van der Waals surface area contributed by atoms with E-state index >= 15 is 0 Å². The molecule has 3 aromatic carbocycles. The lowest BCUT2D eigenvalue weighted by molar-refractivity contribution is -0.127. The number of carbonyl (C=O) groups excluding carboxylic acids is 1. The van der Waals surface area contributed by atoms with Crippen LogP contribution in [-0.2, 0) is 14.8 Å². The summed E-state index contributed by atoms with van der Waals surface area (Å²) in [6.45, 7) is 0.998. The predicted octanol–water partition coefficient (Wildman–Crippen LogP) is 3.53. The average molecular weight is 455 g/mol. The van der Waals surface area contributed by atoms with Gasteiger partial charge in [-0.05, 0) is 46.7 Å². The van der Waals surface area contributed by atoms with Gasteiger partial charge in [0.25, 0.3) is 0 Å². The summed E-state index contributed by atoms with van der Waals surface area (Å²) in [7, 11) is -2.26. The molecule has 6 nitrogen and oxygen atoms in total. The molecular weight excluding hydrogens is 431 g/mol. The molecule has 1 saturated heterocycles. The van der Waals surface area contributed by atoms with Crippen LogP contribution in [0.5, 0.6) is 5.75 Å². The number of fused-ring (bicyclic) bond motifs is 1. The van der Waals surface area contributed by atoms with E-state index in [1.807, 2.05) is 24.3 Å². The molecule has 0 spiro atoms. The van der Waals surface area contributed by atoms with Crippen LogP contribution in [-0.4, -0.2) is 56.8 Å². The lowest BCUT2D eigenvalue weighted by atomic mass is 10.1. The van der Waals surface area contributed by atoms with Gasteiger partial charge in [-0.1, -0.05) is 36.4 Å². The Hall–Kier alpha value is -3.23. The molecule has 1 aliphatic heterocycles. The molecule has 3 aromatic rings. The number of ether oxygens (including phenoxy) is 1. The molecule has 4 rings (SSSR count). The number of amides is 1. The van der Waals surface area contributed by atoms with Gasteiger partial charge in [-0.2, -0.15) is 4.31 Å². The van der Waals surface area contributed by atoms with E-state index in [1.165, 1.54) is 35.7 Å². The zero-order chi connectivity index (χ0) is 22.7. The van der Waals surface area contributed by atoms with E-state index in [-0.39, 0.29) is 42.7 Å². The molecule has 1 amide bonds. The van der Waals surface area contributed by atoms with Crippen molar-refractivity contribution in [1.29, 1.82) is 0 Å². The van der Waals surface area contributed by atoms with Crippen molar-refractivity contribution in [1.82, 2.24) is 9.21 Å². The van der Waals surface area contributed by atoms with Crippen molar-refractivity contribution in [2.45, 2.75) is 4.90 Å². The summed E-state index contributed by atoms with van der Waals surface area (Å²) in [5, 5.41) is 1.84. The van der Waals surface area contributed by atoms with Crippen molar-refractivity contribution in [3.8, 4) is 5.75 Å². The molecule has 0 unspecified atom stereocenters. The summed E-state index contributed by atoms with van der Waals surface area (Å²) < 4.78 is 46.2. The largest absolute Gasteiger partial charge is 0.494 e. The molecule has 0 atom stereocenters. The number of sulfonamides is 1. The van der Waals surface area contributed by atoms with E-state index in [1.54, 1.807) is 29.2 Å². The molecule has 1 fully saturated rings. The number of halogens is 1. The standard InChI is InChI=1S/C24H23FN2O4S/c1-31-23-10-6-18(16-22(23)25)7-11-24(28)26-12-14-27(15-13-26)32(29,30)21-9-8-19-4-2-3-5-20(19)17-21/h2-11,16-17H,12-15H2,1H3/b11-7+. The zero-order valence-corrected chi connectivity index (χ0v) is 18.4. The number of carbonyl (C=O) groups is 1. The van der Waals surface area contributed by atoms with Crippen molar-refractivity contribution in [2.75, 3.05) is 33.3 Å². The third kappa shape index (κ3) is 4.51. The quantitative estimate of drug-likeness (QED) is 0.553. The zero-order valence-electron chi connectivity index (χ0n) is 17.6. The molecule has 1 aliphatic rings. The summed E-state index contributed by atoms with van der Waals surface area (Å²) in [5.74, 6) is -0.615. The van der Waals surface area contributed by atoms with Crippen LogP contribution in [0.2, 0.25) is 0 Å². The first kappa shape index (κ1) is 22.0. The van der Waals surface area contributed by atoms with Gasteiger partial charge in [-0.15, -0.1) is 0 Å². The minimum absolute atomic E-state index is 0.136. The molecule has 166 valence electrons. The minimum atomic E-state index is -3.65. The molecule has 1 heterocycles. The Kier molecular flexibility index (Phi) is 6.25. The van der Waals surface area contributed by atoms with Crippen molar-refractivity contribution in [2.24, 2.45) is 0 Å². The van der Waals surface area contributed by atoms with Crippen molar-refractivity contribution in [3.63, 3.8) is 0 Å². The lowest BCUT2D eigenvalue weighted by Gasteiger charge is -2.33. The number of hydrogen-bond acceptors (Lipinski definition) is 4. The lowest BCUT2D eigenvalue weighted by Crippen LogP contribution is -2.50. The van der Waals surface area contributed by atoms with E-state index in [9.17, 15) is 17.6 Å². The number of benzene rings is 3. The number of nitrogens with zero attached hydrogens (tertiary/aromatic N) is 2. The monoisotopic (exact) mass is 454 g/mol. The summed E-state index contributed by atoms with van der Waals surface area (Å²) in [5.41, 5.74) is 0.536. The molecule has 0 radical (unpaired) electrons. The Bertz CT molecular complexity index is 1280. The molecule has 0 aromatic heterocycles. The highest BCUT2D eigenvalue weighted by Gasteiger charge is 2.29. The highest BCUT2D eigenvalue weighted by atomic mass is 32.2. The maximum atomic E-state index is 13.8. The molecule has 0 saturated carbocycles. The summed E-state index contributed by atoms with van der Waals surface area (Å²) in [4.78, 5) is 14.3. The van der Waals surface area contributed by atoms with Gasteiger partial charge in [0, 0.05) is 32.3 Å². The normalized spacial score (nSPS) is 15.4. The van der Waals surface area contributed by atoms with Crippen LogP contribution in [0.4, 0.5) is 4.39 Å². The molecule has 32 heavy (non-hydrogen) atoms. The second-order valence-electron chi connectivity index (χ2n) is 7.47. The Balaban J connectivity index is 1.40. The van der Waals surface area contributed by atoms with Gasteiger partial charge >= 0.3 is 0 Å². The fourth-order valence-corrected chi connectivity index (χ4v) is 5.14. The van der Waals surface area contributed by atoms with Gasteiger partial charge in [-0.3, -0.25) is 4.79 Å². The van der Waals surface area contributed by atoms with Crippen molar-refractivity contribution < 1.29 is 22.3 Å². The van der Waals surface area contributed by atoms with Crippen LogP contribution in [0.3, 0.4) is 0 Å². The fourth-order valence-electron chi connectivity index (χ4n) is 3.69. The van der Waals surface area contributed by atoms with E-state index in [0.717, 1.165) is 10.8 Å². The first-order chi connectivity index (χ1) is 15.4. The van der Waals surface area contributed by atoms with Crippen LogP contribution in [0.15, 0.2) is 71.6 Å². The van der Waals surface area contributed by atoms with Gasteiger partial charge in [-0.25, -0.2) is 12.8 Å². The number of piperazine rings is 1. The van der Waals surface area contributed by atoms with E-state index in [0.29, 0.717) is 5.56 Å². The first-order valence-electron chi connectivity index (χ1n) is 10.2. The maximum Gasteiger partial charge on any atom is 0.246 e. The van der Waals surface area contributed by atoms with E-state index in [2.05, 4.69) is 0 Å². The third-order valence-electron chi connectivity index (χ3n) is 5.50. The van der Waals surface area contributed by atoms with Crippen LogP contribution < -0.4 is 4.74 Å². The highest BCUT2D eigenvalue weighted by molar-refractivity contribution is 7.89. The van der Waals surface area contributed by atoms with Gasteiger partial charge in [0.05, 0.1) is 12.0 Å². The molecule has 0 N–H and O–H groups in total. The molecular formula is C24H23FN2O4S. The topological polar surface area (TPSA) is 66.9 Å². The fraction of sp³-hybridized carbons (Fsp3) is 0.208. The Morgan fingerprint density at radius 3 is 2.38 bits per heavy atom.